The Labute approximate surface area is 110 Å². The van der Waals surface area contributed by atoms with E-state index in [2.05, 4.69) is 36.2 Å². The lowest BCUT2D eigenvalue weighted by atomic mass is 10.3. The van der Waals surface area contributed by atoms with Gasteiger partial charge in [-0.2, -0.15) is 0 Å². The molecule has 7 heteroatoms. The van der Waals surface area contributed by atoms with Gasteiger partial charge < -0.3 is 5.32 Å². The molecule has 2 rings (SSSR count). The molecule has 1 N–H and O–H groups in total. The third kappa shape index (κ3) is 3.21. The minimum absolute atomic E-state index is 0.314. The first-order valence-electron chi connectivity index (χ1n) is 4.55. The molecule has 0 atom stereocenters. The van der Waals surface area contributed by atoms with Gasteiger partial charge in [-0.1, -0.05) is 11.6 Å². The number of amides is 1. The van der Waals surface area contributed by atoms with Gasteiger partial charge in [0.15, 0.2) is 5.82 Å². The van der Waals surface area contributed by atoms with Gasteiger partial charge in [0.1, 0.15) is 9.76 Å². The number of nitrogens with zero attached hydrogens (tertiary/aromatic N) is 3. The summed E-state index contributed by atoms with van der Waals surface area (Å²) >= 11 is 8.78. The number of hydrogen-bond donors (Lipinski definition) is 1. The molecule has 17 heavy (non-hydrogen) atoms. The molecule has 2 aromatic rings. The summed E-state index contributed by atoms with van der Waals surface area (Å²) in [7, 11) is 0. The number of rotatable bonds is 2. The van der Waals surface area contributed by atoms with Crippen molar-refractivity contribution in [2.45, 2.75) is 0 Å². The van der Waals surface area contributed by atoms with Gasteiger partial charge in [-0.25, -0.2) is 15.0 Å². The van der Waals surface area contributed by atoms with Crippen molar-refractivity contribution >= 4 is 39.3 Å². The smallest absolute Gasteiger partial charge is 0.258 e. The molecule has 0 saturated heterocycles. The predicted molar refractivity (Wildman–Crippen MR) is 66.9 cm³/mol. The highest BCUT2D eigenvalue weighted by atomic mass is 79.9. The first-order chi connectivity index (χ1) is 8.15. The number of pyridine rings is 1. The SMILES string of the molecule is O=C(Nc1cnc(Br)cn1)c1ccc(Cl)nc1. The average Bonchev–Trinajstić information content (AvgIpc) is 2.33. The van der Waals surface area contributed by atoms with Crippen molar-refractivity contribution in [1.29, 1.82) is 0 Å². The van der Waals surface area contributed by atoms with Crippen molar-refractivity contribution in [2.24, 2.45) is 0 Å². The maximum absolute atomic E-state index is 11.7. The highest BCUT2D eigenvalue weighted by molar-refractivity contribution is 9.10. The Morgan fingerprint density at radius 3 is 2.59 bits per heavy atom. The van der Waals surface area contributed by atoms with Crippen LogP contribution in [-0.2, 0) is 0 Å². The molecule has 86 valence electrons. The van der Waals surface area contributed by atoms with E-state index >= 15 is 0 Å². The van der Waals surface area contributed by atoms with Crippen LogP contribution in [0.2, 0.25) is 5.15 Å². The number of halogens is 2. The molecule has 0 spiro atoms. The summed E-state index contributed by atoms with van der Waals surface area (Å²) in [5.41, 5.74) is 0.402. The van der Waals surface area contributed by atoms with Gasteiger partial charge in [0, 0.05) is 6.20 Å². The van der Waals surface area contributed by atoms with Gasteiger partial charge in [0.05, 0.1) is 18.0 Å². The molecule has 0 aliphatic carbocycles. The van der Waals surface area contributed by atoms with Crippen LogP contribution in [0.5, 0.6) is 0 Å². The van der Waals surface area contributed by atoms with Gasteiger partial charge in [-0.3, -0.25) is 4.79 Å². The van der Waals surface area contributed by atoms with Crippen LogP contribution in [0.4, 0.5) is 5.82 Å². The van der Waals surface area contributed by atoms with Crippen LogP contribution in [-0.4, -0.2) is 20.9 Å². The summed E-state index contributed by atoms with van der Waals surface area (Å²) in [6.07, 6.45) is 4.34. The van der Waals surface area contributed by atoms with Gasteiger partial charge in [0.2, 0.25) is 0 Å². The molecule has 0 aliphatic rings. The van der Waals surface area contributed by atoms with E-state index in [-0.39, 0.29) is 5.91 Å². The van der Waals surface area contributed by atoms with Gasteiger partial charge in [0.25, 0.3) is 5.91 Å². The molecule has 0 fully saturated rings. The molecular formula is C10H6BrClN4O. The van der Waals surface area contributed by atoms with Crippen molar-refractivity contribution in [2.75, 3.05) is 5.32 Å². The average molecular weight is 314 g/mol. The number of hydrogen-bond acceptors (Lipinski definition) is 4. The van der Waals surface area contributed by atoms with E-state index in [1.807, 2.05) is 0 Å². The summed E-state index contributed by atoms with van der Waals surface area (Å²) in [6.45, 7) is 0. The summed E-state index contributed by atoms with van der Waals surface area (Å²) < 4.78 is 0.601. The van der Waals surface area contributed by atoms with Gasteiger partial charge >= 0.3 is 0 Å². The monoisotopic (exact) mass is 312 g/mol. The molecule has 0 saturated carbocycles. The summed E-state index contributed by atoms with van der Waals surface area (Å²) in [5.74, 6) is 0.0546. The Morgan fingerprint density at radius 2 is 2.00 bits per heavy atom. The minimum Gasteiger partial charge on any atom is -0.305 e. The van der Waals surface area contributed by atoms with Crippen LogP contribution >= 0.6 is 27.5 Å². The van der Waals surface area contributed by atoms with Gasteiger partial charge in [-0.05, 0) is 28.1 Å². The van der Waals surface area contributed by atoms with Crippen LogP contribution in [0.1, 0.15) is 10.4 Å². The lowest BCUT2D eigenvalue weighted by molar-refractivity contribution is 0.102. The molecule has 0 bridgehead atoms. The maximum Gasteiger partial charge on any atom is 0.258 e. The molecule has 0 aromatic carbocycles. The quantitative estimate of drug-likeness (QED) is 0.865. The Balaban J connectivity index is 2.11. The largest absolute Gasteiger partial charge is 0.305 e. The second kappa shape index (κ2) is 5.20. The van der Waals surface area contributed by atoms with E-state index in [1.54, 1.807) is 12.1 Å². The molecule has 2 aromatic heterocycles. The minimum atomic E-state index is -0.314. The Bertz CT molecular complexity index is 529. The van der Waals surface area contributed by atoms with Crippen LogP contribution in [0.25, 0.3) is 0 Å². The van der Waals surface area contributed by atoms with Gasteiger partial charge in [-0.15, -0.1) is 0 Å². The lowest BCUT2D eigenvalue weighted by Crippen LogP contribution is -2.13. The zero-order valence-corrected chi connectivity index (χ0v) is 10.7. The topological polar surface area (TPSA) is 67.8 Å². The van der Waals surface area contributed by atoms with Crippen molar-refractivity contribution in [1.82, 2.24) is 15.0 Å². The molecule has 1 amide bonds. The normalized spacial score (nSPS) is 10.0. The number of aromatic nitrogens is 3. The lowest BCUT2D eigenvalue weighted by Gasteiger charge is -2.03. The third-order valence-corrected chi connectivity index (χ3v) is 2.48. The van der Waals surface area contributed by atoms with E-state index in [9.17, 15) is 4.79 Å². The summed E-state index contributed by atoms with van der Waals surface area (Å²) in [4.78, 5) is 23.5. The maximum atomic E-state index is 11.7. The fourth-order valence-corrected chi connectivity index (χ4v) is 1.39. The highest BCUT2D eigenvalue weighted by Crippen LogP contribution is 2.09. The number of carbonyl (C=O) groups is 1. The Kier molecular flexibility index (Phi) is 3.65. The molecule has 0 unspecified atom stereocenters. The summed E-state index contributed by atoms with van der Waals surface area (Å²) in [6, 6.07) is 3.13. The predicted octanol–water partition coefficient (Wildman–Crippen LogP) is 2.54. The highest BCUT2D eigenvalue weighted by Gasteiger charge is 2.07. The van der Waals surface area contributed by atoms with E-state index in [0.29, 0.717) is 21.1 Å². The molecule has 0 aliphatic heterocycles. The fourth-order valence-electron chi connectivity index (χ4n) is 1.08. The fraction of sp³-hybridized carbons (Fsp3) is 0. The second-order valence-electron chi connectivity index (χ2n) is 3.05. The Morgan fingerprint density at radius 1 is 1.18 bits per heavy atom. The number of carbonyl (C=O) groups excluding carboxylic acids is 1. The van der Waals surface area contributed by atoms with Crippen molar-refractivity contribution in [3.05, 3.63) is 46.0 Å². The molecule has 0 radical (unpaired) electrons. The zero-order valence-electron chi connectivity index (χ0n) is 8.39. The first kappa shape index (κ1) is 11.9. The van der Waals surface area contributed by atoms with Crippen molar-refractivity contribution < 1.29 is 4.79 Å². The molecule has 5 nitrogen and oxygen atoms in total. The van der Waals surface area contributed by atoms with E-state index in [0.717, 1.165) is 0 Å². The standard InChI is InChI=1S/C10H6BrClN4O/c11-7-4-15-9(5-13-7)16-10(17)6-1-2-8(12)14-3-6/h1-5H,(H,15,16,17). The molecular weight excluding hydrogens is 307 g/mol. The third-order valence-electron chi connectivity index (χ3n) is 1.85. The van der Waals surface area contributed by atoms with E-state index < -0.39 is 0 Å². The molecule has 2 heterocycles. The van der Waals surface area contributed by atoms with Crippen LogP contribution in [0.15, 0.2) is 35.3 Å². The van der Waals surface area contributed by atoms with E-state index in [1.165, 1.54) is 18.6 Å². The first-order valence-corrected chi connectivity index (χ1v) is 5.73. The van der Waals surface area contributed by atoms with Crippen LogP contribution in [0, 0.1) is 0 Å². The Hall–Kier alpha value is -1.53. The number of nitrogens with one attached hydrogen (secondary N) is 1. The van der Waals surface area contributed by atoms with Crippen molar-refractivity contribution in [3.8, 4) is 0 Å². The van der Waals surface area contributed by atoms with Crippen molar-refractivity contribution in [3.63, 3.8) is 0 Å². The second-order valence-corrected chi connectivity index (χ2v) is 4.25. The summed E-state index contributed by atoms with van der Waals surface area (Å²) in [5, 5.41) is 2.93. The van der Waals surface area contributed by atoms with E-state index in [4.69, 9.17) is 11.6 Å². The zero-order chi connectivity index (χ0) is 12.3. The number of anilines is 1. The van der Waals surface area contributed by atoms with Crippen LogP contribution < -0.4 is 5.32 Å². The van der Waals surface area contributed by atoms with Crippen LogP contribution in [0.3, 0.4) is 0 Å².